The molecule has 2 aromatic heterocycles. The fraction of sp³-hybridized carbons (Fsp3) is 0.579. The van der Waals surface area contributed by atoms with Crippen LogP contribution in [0.1, 0.15) is 24.8 Å². The number of aromatic nitrogens is 3. The minimum absolute atomic E-state index is 0.402. The first kappa shape index (κ1) is 16.7. The molecule has 6 heteroatoms. The van der Waals surface area contributed by atoms with Crippen LogP contribution in [0.3, 0.4) is 0 Å². The zero-order valence-corrected chi connectivity index (χ0v) is 14.6. The maximum Gasteiger partial charge on any atom is 0.0710 e. The van der Waals surface area contributed by atoms with Crippen molar-refractivity contribution in [1.82, 2.24) is 20.1 Å². The van der Waals surface area contributed by atoms with Crippen LogP contribution >= 0.6 is 0 Å². The van der Waals surface area contributed by atoms with Crippen LogP contribution in [0.5, 0.6) is 0 Å². The average Bonchev–Trinajstić information content (AvgIpc) is 3.34. The molecule has 0 spiro atoms. The molecule has 2 saturated heterocycles. The maximum atomic E-state index is 6.11. The highest BCUT2D eigenvalue weighted by molar-refractivity contribution is 5.61. The van der Waals surface area contributed by atoms with Crippen molar-refractivity contribution in [2.75, 3.05) is 32.9 Å². The van der Waals surface area contributed by atoms with Crippen molar-refractivity contribution in [2.45, 2.75) is 31.9 Å². The predicted molar refractivity (Wildman–Crippen MR) is 95.0 cm³/mol. The number of aromatic amines is 1. The molecule has 25 heavy (non-hydrogen) atoms. The van der Waals surface area contributed by atoms with Gasteiger partial charge in [0.1, 0.15) is 0 Å². The average molecular weight is 342 g/mol. The van der Waals surface area contributed by atoms with Crippen LogP contribution in [0.25, 0.3) is 11.3 Å². The second-order valence-corrected chi connectivity index (χ2v) is 7.05. The zero-order valence-electron chi connectivity index (χ0n) is 14.6. The zero-order chi connectivity index (χ0) is 16.9. The molecule has 4 rings (SSSR count). The molecule has 1 unspecified atom stereocenters. The van der Waals surface area contributed by atoms with Crippen molar-refractivity contribution < 1.29 is 9.47 Å². The molecule has 0 aromatic carbocycles. The van der Waals surface area contributed by atoms with Crippen molar-refractivity contribution in [1.29, 1.82) is 0 Å². The number of hydrogen-bond acceptors (Lipinski definition) is 5. The number of nitrogens with one attached hydrogen (secondary N) is 1. The molecule has 2 aliphatic heterocycles. The first-order chi connectivity index (χ1) is 12.4. The van der Waals surface area contributed by atoms with E-state index in [9.17, 15) is 0 Å². The van der Waals surface area contributed by atoms with E-state index in [1.54, 1.807) is 6.20 Å². The molecule has 1 N–H and O–H groups in total. The van der Waals surface area contributed by atoms with Gasteiger partial charge in [0.25, 0.3) is 0 Å². The predicted octanol–water partition coefficient (Wildman–Crippen LogP) is 2.49. The SMILES string of the molecule is c1cncc(-c2[nH]ncc2CN2CCC(OCC3CCOC3)CC2)c1. The monoisotopic (exact) mass is 342 g/mol. The Labute approximate surface area is 148 Å². The van der Waals surface area contributed by atoms with E-state index >= 15 is 0 Å². The van der Waals surface area contributed by atoms with Gasteiger partial charge in [-0.05, 0) is 31.4 Å². The Balaban J connectivity index is 1.27. The van der Waals surface area contributed by atoms with E-state index < -0.39 is 0 Å². The number of likely N-dealkylation sites (tertiary alicyclic amines) is 1. The highest BCUT2D eigenvalue weighted by Gasteiger charge is 2.23. The summed E-state index contributed by atoms with van der Waals surface area (Å²) < 4.78 is 11.5. The Morgan fingerprint density at radius 2 is 2.16 bits per heavy atom. The number of hydrogen-bond donors (Lipinski definition) is 1. The summed E-state index contributed by atoms with van der Waals surface area (Å²) in [4.78, 5) is 6.69. The van der Waals surface area contributed by atoms with Gasteiger partial charge in [-0.2, -0.15) is 5.10 Å². The summed E-state index contributed by atoms with van der Waals surface area (Å²) in [7, 11) is 0. The first-order valence-electron chi connectivity index (χ1n) is 9.23. The minimum Gasteiger partial charge on any atom is -0.381 e. The molecule has 2 fully saturated rings. The summed E-state index contributed by atoms with van der Waals surface area (Å²) in [6.07, 6.45) is 9.37. The van der Waals surface area contributed by atoms with Gasteiger partial charge in [-0.15, -0.1) is 0 Å². The molecule has 6 nitrogen and oxygen atoms in total. The summed E-state index contributed by atoms with van der Waals surface area (Å²) in [5.41, 5.74) is 3.40. The fourth-order valence-electron chi connectivity index (χ4n) is 3.65. The van der Waals surface area contributed by atoms with Crippen LogP contribution in [0.15, 0.2) is 30.7 Å². The third-order valence-electron chi connectivity index (χ3n) is 5.19. The lowest BCUT2D eigenvalue weighted by atomic mass is 10.0. The van der Waals surface area contributed by atoms with Gasteiger partial charge in [0.2, 0.25) is 0 Å². The summed E-state index contributed by atoms with van der Waals surface area (Å²) in [5, 5.41) is 7.36. The second-order valence-electron chi connectivity index (χ2n) is 7.05. The number of nitrogens with zero attached hydrogens (tertiary/aromatic N) is 3. The number of H-pyrrole nitrogens is 1. The summed E-state index contributed by atoms with van der Waals surface area (Å²) >= 11 is 0. The molecule has 0 aliphatic carbocycles. The smallest absolute Gasteiger partial charge is 0.0710 e. The highest BCUT2D eigenvalue weighted by atomic mass is 16.5. The van der Waals surface area contributed by atoms with Crippen LogP contribution in [-0.4, -0.2) is 59.1 Å². The molecule has 0 bridgehead atoms. The van der Waals surface area contributed by atoms with Crippen LogP contribution in [0, 0.1) is 5.92 Å². The Morgan fingerprint density at radius 3 is 2.92 bits per heavy atom. The molecule has 4 heterocycles. The van der Waals surface area contributed by atoms with E-state index in [2.05, 4.69) is 26.1 Å². The normalized spacial score (nSPS) is 22.5. The first-order valence-corrected chi connectivity index (χ1v) is 9.23. The Bertz CT molecular complexity index is 646. The van der Waals surface area contributed by atoms with E-state index in [0.29, 0.717) is 12.0 Å². The van der Waals surface area contributed by atoms with Crippen molar-refractivity contribution in [3.05, 3.63) is 36.3 Å². The lowest BCUT2D eigenvalue weighted by Crippen LogP contribution is -2.37. The maximum absolute atomic E-state index is 6.11. The molecular formula is C19H26N4O2. The van der Waals surface area contributed by atoms with Gasteiger partial charge in [0, 0.05) is 55.7 Å². The summed E-state index contributed by atoms with van der Waals surface area (Å²) in [6, 6.07) is 4.02. The third-order valence-corrected chi connectivity index (χ3v) is 5.19. The van der Waals surface area contributed by atoms with Crippen LogP contribution < -0.4 is 0 Å². The van der Waals surface area contributed by atoms with E-state index in [1.165, 1.54) is 5.56 Å². The number of piperidine rings is 1. The standard InChI is InChI=1S/C19H26N4O2/c1-2-16(10-20-6-1)19-17(11-21-22-19)12-23-7-3-18(4-8-23)25-14-15-5-9-24-13-15/h1-2,6,10-11,15,18H,3-5,7-9,12-14H2,(H,21,22). The van der Waals surface area contributed by atoms with Crippen molar-refractivity contribution in [3.63, 3.8) is 0 Å². The van der Waals surface area contributed by atoms with Crippen LogP contribution in [0.2, 0.25) is 0 Å². The molecule has 134 valence electrons. The van der Waals surface area contributed by atoms with Gasteiger partial charge in [-0.25, -0.2) is 0 Å². The van der Waals surface area contributed by atoms with Crippen molar-refractivity contribution in [3.8, 4) is 11.3 Å². The number of rotatable bonds is 6. The minimum atomic E-state index is 0.402. The molecule has 2 aromatic rings. The quantitative estimate of drug-likeness (QED) is 0.874. The molecule has 0 saturated carbocycles. The van der Waals surface area contributed by atoms with Gasteiger partial charge < -0.3 is 9.47 Å². The lowest BCUT2D eigenvalue weighted by molar-refractivity contribution is -0.0116. The van der Waals surface area contributed by atoms with Crippen molar-refractivity contribution >= 4 is 0 Å². The Morgan fingerprint density at radius 1 is 1.24 bits per heavy atom. The van der Waals surface area contributed by atoms with Gasteiger partial charge >= 0.3 is 0 Å². The van der Waals surface area contributed by atoms with Crippen molar-refractivity contribution in [2.24, 2.45) is 5.92 Å². The topological polar surface area (TPSA) is 63.3 Å². The van der Waals surface area contributed by atoms with E-state index in [0.717, 1.165) is 70.0 Å². The molecule has 0 radical (unpaired) electrons. The third kappa shape index (κ3) is 4.26. The summed E-state index contributed by atoms with van der Waals surface area (Å²) in [6.45, 7) is 5.70. The van der Waals surface area contributed by atoms with Crippen LogP contribution in [-0.2, 0) is 16.0 Å². The highest BCUT2D eigenvalue weighted by Crippen LogP contribution is 2.24. The van der Waals surface area contributed by atoms with Gasteiger partial charge in [-0.3, -0.25) is 15.0 Å². The second kappa shape index (κ2) is 8.08. The van der Waals surface area contributed by atoms with Gasteiger partial charge in [-0.1, -0.05) is 0 Å². The number of ether oxygens (including phenoxy) is 2. The lowest BCUT2D eigenvalue weighted by Gasteiger charge is -2.32. The largest absolute Gasteiger partial charge is 0.381 e. The Kier molecular flexibility index (Phi) is 5.40. The van der Waals surface area contributed by atoms with Crippen LogP contribution in [0.4, 0.5) is 0 Å². The molecular weight excluding hydrogens is 316 g/mol. The van der Waals surface area contributed by atoms with Gasteiger partial charge in [0.15, 0.2) is 0 Å². The van der Waals surface area contributed by atoms with E-state index in [1.807, 2.05) is 18.5 Å². The Hall–Kier alpha value is -1.76. The van der Waals surface area contributed by atoms with E-state index in [4.69, 9.17) is 9.47 Å². The van der Waals surface area contributed by atoms with E-state index in [-0.39, 0.29) is 0 Å². The fourth-order valence-corrected chi connectivity index (χ4v) is 3.65. The summed E-state index contributed by atoms with van der Waals surface area (Å²) in [5.74, 6) is 0.603. The number of pyridine rings is 1. The molecule has 2 aliphatic rings. The molecule has 0 amide bonds. The molecule has 1 atom stereocenters. The van der Waals surface area contributed by atoms with Gasteiger partial charge in [0.05, 0.1) is 31.2 Å².